The monoisotopic (exact) mass is 481 g/mol. The van der Waals surface area contributed by atoms with E-state index < -0.39 is 23.9 Å². The Labute approximate surface area is 197 Å². The molecule has 1 heterocycles. The first-order valence-electron chi connectivity index (χ1n) is 10.2. The van der Waals surface area contributed by atoms with Gasteiger partial charge in [-0.15, -0.1) is 11.3 Å². The molecule has 32 heavy (non-hydrogen) atoms. The molecule has 2 aromatic rings. The van der Waals surface area contributed by atoms with Crippen LogP contribution in [-0.2, 0) is 14.3 Å². The minimum absolute atomic E-state index is 0.131. The molecule has 1 aromatic heterocycles. The predicted octanol–water partition coefficient (Wildman–Crippen LogP) is 5.47. The van der Waals surface area contributed by atoms with Crippen LogP contribution in [0, 0.1) is 20.8 Å². The molecule has 0 saturated heterocycles. The van der Waals surface area contributed by atoms with Crippen LogP contribution in [0.4, 0.5) is 5.00 Å². The average molecular weight is 482 g/mol. The number of carbonyl (C=O) groups is 3. The third kappa shape index (κ3) is 6.01. The van der Waals surface area contributed by atoms with Gasteiger partial charge in [-0.05, 0) is 77.3 Å². The Morgan fingerprint density at radius 3 is 2.19 bits per heavy atom. The SMILES string of the molecule is CCOC(=O)c1c(NC(=O)C(C)Oc2cc(C)c(Cl)c(C)c2)sc(C(=O)OC(C)C)c1C. The van der Waals surface area contributed by atoms with Crippen LogP contribution in [0.2, 0.25) is 5.02 Å². The van der Waals surface area contributed by atoms with Crippen molar-refractivity contribution < 1.29 is 28.6 Å². The van der Waals surface area contributed by atoms with E-state index in [1.807, 2.05) is 13.8 Å². The van der Waals surface area contributed by atoms with E-state index in [0.717, 1.165) is 22.5 Å². The number of hydrogen-bond acceptors (Lipinski definition) is 7. The van der Waals surface area contributed by atoms with Gasteiger partial charge in [0, 0.05) is 5.02 Å². The van der Waals surface area contributed by atoms with Gasteiger partial charge in [-0.25, -0.2) is 9.59 Å². The topological polar surface area (TPSA) is 90.9 Å². The summed E-state index contributed by atoms with van der Waals surface area (Å²) in [5.74, 6) is -1.17. The lowest BCUT2D eigenvalue weighted by molar-refractivity contribution is -0.122. The van der Waals surface area contributed by atoms with Crippen LogP contribution in [0.15, 0.2) is 12.1 Å². The van der Waals surface area contributed by atoms with E-state index in [4.69, 9.17) is 25.8 Å². The van der Waals surface area contributed by atoms with Gasteiger partial charge < -0.3 is 19.5 Å². The number of nitrogens with one attached hydrogen (secondary N) is 1. The first-order valence-corrected chi connectivity index (χ1v) is 11.4. The van der Waals surface area contributed by atoms with Crippen molar-refractivity contribution in [1.82, 2.24) is 0 Å². The lowest BCUT2D eigenvalue weighted by Crippen LogP contribution is -2.30. The maximum absolute atomic E-state index is 12.8. The van der Waals surface area contributed by atoms with E-state index in [0.29, 0.717) is 16.3 Å². The molecule has 0 spiro atoms. The molecule has 0 fully saturated rings. The zero-order valence-corrected chi connectivity index (χ0v) is 20.8. The summed E-state index contributed by atoms with van der Waals surface area (Å²) in [5, 5.41) is 3.55. The third-order valence-corrected chi connectivity index (χ3v) is 6.27. The molecular weight excluding hydrogens is 454 g/mol. The second-order valence-corrected chi connectivity index (χ2v) is 8.95. The van der Waals surface area contributed by atoms with Crippen LogP contribution >= 0.6 is 22.9 Å². The van der Waals surface area contributed by atoms with Crippen molar-refractivity contribution in [2.75, 3.05) is 11.9 Å². The van der Waals surface area contributed by atoms with Crippen LogP contribution < -0.4 is 10.1 Å². The Morgan fingerprint density at radius 1 is 1.06 bits per heavy atom. The summed E-state index contributed by atoms with van der Waals surface area (Å²) < 4.78 is 16.2. The van der Waals surface area contributed by atoms with E-state index in [1.54, 1.807) is 46.8 Å². The van der Waals surface area contributed by atoms with Crippen molar-refractivity contribution in [1.29, 1.82) is 0 Å². The fourth-order valence-corrected chi connectivity index (χ4v) is 4.15. The molecule has 0 radical (unpaired) electrons. The molecule has 7 nitrogen and oxygen atoms in total. The number of esters is 2. The Balaban J connectivity index is 2.30. The summed E-state index contributed by atoms with van der Waals surface area (Å²) in [6, 6.07) is 3.50. The third-order valence-electron chi connectivity index (χ3n) is 4.48. The Hall–Kier alpha value is -2.58. The van der Waals surface area contributed by atoms with Gasteiger partial charge in [0.25, 0.3) is 5.91 Å². The van der Waals surface area contributed by atoms with Gasteiger partial charge in [-0.1, -0.05) is 11.6 Å². The molecule has 1 aromatic carbocycles. The fourth-order valence-electron chi connectivity index (χ4n) is 2.96. The number of benzene rings is 1. The minimum Gasteiger partial charge on any atom is -0.481 e. The molecule has 1 amide bonds. The molecule has 0 bridgehead atoms. The zero-order chi connectivity index (χ0) is 24.2. The van der Waals surface area contributed by atoms with Crippen molar-refractivity contribution in [2.45, 2.75) is 60.7 Å². The molecule has 0 saturated carbocycles. The second-order valence-electron chi connectivity index (χ2n) is 7.56. The van der Waals surface area contributed by atoms with Gasteiger partial charge in [0.1, 0.15) is 15.6 Å². The summed E-state index contributed by atoms with van der Waals surface area (Å²) in [7, 11) is 0. The highest BCUT2D eigenvalue weighted by Crippen LogP contribution is 2.35. The van der Waals surface area contributed by atoms with Gasteiger partial charge >= 0.3 is 11.9 Å². The van der Waals surface area contributed by atoms with Gasteiger partial charge in [-0.3, -0.25) is 4.79 Å². The van der Waals surface area contributed by atoms with Crippen LogP contribution in [-0.4, -0.2) is 36.7 Å². The molecule has 0 aliphatic rings. The molecule has 1 N–H and O–H groups in total. The number of carbonyl (C=O) groups excluding carboxylic acids is 3. The Kier molecular flexibility index (Phi) is 8.69. The summed E-state index contributed by atoms with van der Waals surface area (Å²) in [6.45, 7) is 12.2. The van der Waals surface area contributed by atoms with Gasteiger partial charge in [0.15, 0.2) is 6.10 Å². The Bertz CT molecular complexity index is 1010. The number of hydrogen-bond donors (Lipinski definition) is 1. The maximum Gasteiger partial charge on any atom is 0.348 e. The lowest BCUT2D eigenvalue weighted by Gasteiger charge is -2.16. The maximum atomic E-state index is 12.8. The van der Waals surface area contributed by atoms with Crippen molar-refractivity contribution in [3.63, 3.8) is 0 Å². The number of halogens is 1. The molecule has 9 heteroatoms. The minimum atomic E-state index is -0.876. The van der Waals surface area contributed by atoms with E-state index in [2.05, 4.69) is 5.32 Å². The standard InChI is InChI=1S/C23H28ClNO6S/c1-8-29-22(27)17-14(6)19(23(28)30-11(2)3)32-21(17)25-20(26)15(7)31-16-9-12(4)18(24)13(5)10-16/h9-11,15H,8H2,1-7H3,(H,25,26). The Morgan fingerprint density at radius 2 is 1.66 bits per heavy atom. The summed E-state index contributed by atoms with van der Waals surface area (Å²) in [4.78, 5) is 38.1. The molecule has 174 valence electrons. The molecule has 1 unspecified atom stereocenters. The van der Waals surface area contributed by atoms with Crippen LogP contribution in [0.5, 0.6) is 5.75 Å². The quantitative estimate of drug-likeness (QED) is 0.502. The van der Waals surface area contributed by atoms with Crippen molar-refractivity contribution >= 4 is 45.8 Å². The van der Waals surface area contributed by atoms with Crippen LogP contribution in [0.25, 0.3) is 0 Å². The van der Waals surface area contributed by atoms with Crippen molar-refractivity contribution in [2.24, 2.45) is 0 Å². The molecule has 0 aliphatic heterocycles. The van der Waals surface area contributed by atoms with Gasteiger partial charge in [0.2, 0.25) is 0 Å². The highest BCUT2D eigenvalue weighted by molar-refractivity contribution is 7.18. The summed E-state index contributed by atoms with van der Waals surface area (Å²) in [5.41, 5.74) is 2.19. The largest absolute Gasteiger partial charge is 0.481 e. The molecule has 1 atom stereocenters. The van der Waals surface area contributed by atoms with Crippen LogP contribution in [0.3, 0.4) is 0 Å². The van der Waals surface area contributed by atoms with Crippen molar-refractivity contribution in [3.8, 4) is 5.75 Å². The zero-order valence-electron chi connectivity index (χ0n) is 19.3. The average Bonchev–Trinajstić information content (AvgIpc) is 3.01. The van der Waals surface area contributed by atoms with E-state index in [9.17, 15) is 14.4 Å². The van der Waals surface area contributed by atoms with E-state index >= 15 is 0 Å². The van der Waals surface area contributed by atoms with E-state index in [-0.39, 0.29) is 28.2 Å². The normalized spacial score (nSPS) is 11.8. The molecule has 0 aliphatic carbocycles. The van der Waals surface area contributed by atoms with Gasteiger partial charge in [0.05, 0.1) is 18.3 Å². The number of anilines is 1. The van der Waals surface area contributed by atoms with Crippen LogP contribution in [0.1, 0.15) is 64.4 Å². The predicted molar refractivity (Wildman–Crippen MR) is 125 cm³/mol. The number of aryl methyl sites for hydroxylation is 2. The number of rotatable bonds is 8. The lowest BCUT2D eigenvalue weighted by atomic mass is 10.1. The number of thiophene rings is 1. The second kappa shape index (κ2) is 10.8. The fraction of sp³-hybridized carbons (Fsp3) is 0.435. The molecular formula is C23H28ClNO6S. The first-order chi connectivity index (χ1) is 15.0. The highest BCUT2D eigenvalue weighted by atomic mass is 35.5. The highest BCUT2D eigenvalue weighted by Gasteiger charge is 2.29. The summed E-state index contributed by atoms with van der Waals surface area (Å²) in [6.07, 6.45) is -1.20. The smallest absolute Gasteiger partial charge is 0.348 e. The van der Waals surface area contributed by atoms with Crippen molar-refractivity contribution in [3.05, 3.63) is 44.3 Å². The number of amides is 1. The summed E-state index contributed by atoms with van der Waals surface area (Å²) >= 11 is 7.16. The van der Waals surface area contributed by atoms with E-state index in [1.165, 1.54) is 0 Å². The number of ether oxygens (including phenoxy) is 3. The first kappa shape index (κ1) is 25.7. The van der Waals surface area contributed by atoms with Gasteiger partial charge in [-0.2, -0.15) is 0 Å². The molecule has 2 rings (SSSR count).